The van der Waals surface area contributed by atoms with E-state index in [9.17, 15) is 19.3 Å². The number of non-ortho nitro benzene ring substituents is 1. The van der Waals surface area contributed by atoms with E-state index in [0.29, 0.717) is 55.4 Å². The summed E-state index contributed by atoms with van der Waals surface area (Å²) >= 11 is 0. The first kappa shape index (κ1) is 20.6. The summed E-state index contributed by atoms with van der Waals surface area (Å²) in [5.41, 5.74) is 1.03. The van der Waals surface area contributed by atoms with E-state index in [1.165, 1.54) is 24.3 Å². The molecule has 2 aromatic carbocycles. The molecule has 0 bridgehead atoms. The molecule has 31 heavy (non-hydrogen) atoms. The minimum Gasteiger partial charge on any atom is -0.338 e. The van der Waals surface area contributed by atoms with Gasteiger partial charge >= 0.3 is 0 Å². The third kappa shape index (κ3) is 5.10. The topological polar surface area (TPSA) is 114 Å². The van der Waals surface area contributed by atoms with Crippen molar-refractivity contribution >= 4 is 17.3 Å². The van der Waals surface area contributed by atoms with Crippen LogP contribution in [-0.2, 0) is 11.3 Å². The summed E-state index contributed by atoms with van der Waals surface area (Å²) in [6.07, 6.45) is 1.30. The zero-order valence-corrected chi connectivity index (χ0v) is 16.5. The third-order valence-corrected chi connectivity index (χ3v) is 5.21. The molecule has 1 saturated heterocycles. The highest BCUT2D eigenvalue weighted by Crippen LogP contribution is 2.23. The minimum atomic E-state index is -0.493. The van der Waals surface area contributed by atoms with Crippen LogP contribution in [-0.4, -0.2) is 39.0 Å². The molecule has 0 saturated carbocycles. The number of piperidine rings is 1. The summed E-state index contributed by atoms with van der Waals surface area (Å²) in [7, 11) is 0. The SMILES string of the molecule is O=C(Nc1cccc([N+](=O)[O-])c1)C1CCN(Cc2nc(-c3ccc(F)cc3)no2)CC1. The number of anilines is 1. The maximum Gasteiger partial charge on any atom is 0.271 e. The number of halogens is 1. The summed E-state index contributed by atoms with van der Waals surface area (Å²) in [5, 5.41) is 17.6. The second-order valence-electron chi connectivity index (χ2n) is 7.37. The van der Waals surface area contributed by atoms with Gasteiger partial charge in [-0.2, -0.15) is 4.98 Å². The number of hydrogen-bond donors (Lipinski definition) is 1. The van der Waals surface area contributed by atoms with Crippen molar-refractivity contribution in [3.05, 3.63) is 70.4 Å². The fourth-order valence-corrected chi connectivity index (χ4v) is 3.52. The number of likely N-dealkylation sites (tertiary alicyclic amines) is 1. The second kappa shape index (κ2) is 9.00. The summed E-state index contributed by atoms with van der Waals surface area (Å²) in [6.45, 7) is 1.83. The number of nitro groups is 1. The number of nitrogens with zero attached hydrogens (tertiary/aromatic N) is 4. The van der Waals surface area contributed by atoms with Crippen molar-refractivity contribution in [1.82, 2.24) is 15.0 Å². The maximum absolute atomic E-state index is 13.1. The number of hydrogen-bond acceptors (Lipinski definition) is 7. The Morgan fingerprint density at radius 2 is 1.97 bits per heavy atom. The largest absolute Gasteiger partial charge is 0.338 e. The van der Waals surface area contributed by atoms with E-state index in [4.69, 9.17) is 4.52 Å². The van der Waals surface area contributed by atoms with Crippen LogP contribution in [0.4, 0.5) is 15.8 Å². The fourth-order valence-electron chi connectivity index (χ4n) is 3.52. The van der Waals surface area contributed by atoms with Crippen LogP contribution < -0.4 is 5.32 Å². The third-order valence-electron chi connectivity index (χ3n) is 5.21. The molecule has 1 fully saturated rings. The lowest BCUT2D eigenvalue weighted by Crippen LogP contribution is -2.37. The van der Waals surface area contributed by atoms with E-state index >= 15 is 0 Å². The Kier molecular flexibility index (Phi) is 5.99. The van der Waals surface area contributed by atoms with Gasteiger partial charge in [-0.05, 0) is 56.3 Å². The average Bonchev–Trinajstić information content (AvgIpc) is 3.23. The number of carbonyl (C=O) groups is 1. The zero-order chi connectivity index (χ0) is 21.8. The predicted molar refractivity (Wildman–Crippen MR) is 109 cm³/mol. The lowest BCUT2D eigenvalue weighted by molar-refractivity contribution is -0.384. The molecule has 1 aromatic heterocycles. The minimum absolute atomic E-state index is 0.0628. The molecule has 4 rings (SSSR count). The highest BCUT2D eigenvalue weighted by Gasteiger charge is 2.26. The highest BCUT2D eigenvalue weighted by molar-refractivity contribution is 5.92. The van der Waals surface area contributed by atoms with Crippen molar-refractivity contribution in [2.24, 2.45) is 5.92 Å². The van der Waals surface area contributed by atoms with E-state index < -0.39 is 4.92 Å². The Morgan fingerprint density at radius 3 is 2.68 bits per heavy atom. The van der Waals surface area contributed by atoms with Crippen molar-refractivity contribution in [2.45, 2.75) is 19.4 Å². The van der Waals surface area contributed by atoms with Gasteiger partial charge in [0.15, 0.2) is 0 Å². The first-order valence-corrected chi connectivity index (χ1v) is 9.84. The first-order valence-electron chi connectivity index (χ1n) is 9.84. The molecular weight excluding hydrogens is 405 g/mol. The molecule has 1 aliphatic heterocycles. The van der Waals surface area contributed by atoms with Crippen molar-refractivity contribution in [3.63, 3.8) is 0 Å². The second-order valence-corrected chi connectivity index (χ2v) is 7.37. The van der Waals surface area contributed by atoms with Crippen molar-refractivity contribution in [2.75, 3.05) is 18.4 Å². The maximum atomic E-state index is 13.1. The van der Waals surface area contributed by atoms with E-state index in [0.717, 1.165) is 0 Å². The zero-order valence-electron chi connectivity index (χ0n) is 16.5. The first-order chi connectivity index (χ1) is 15.0. The van der Waals surface area contributed by atoms with Crippen molar-refractivity contribution in [1.29, 1.82) is 0 Å². The van der Waals surface area contributed by atoms with E-state index in [2.05, 4.69) is 20.4 Å². The Hall–Kier alpha value is -3.66. The van der Waals surface area contributed by atoms with Crippen LogP contribution in [0.3, 0.4) is 0 Å². The number of aromatic nitrogens is 2. The van der Waals surface area contributed by atoms with Gasteiger partial charge in [0.05, 0.1) is 11.5 Å². The molecule has 10 heteroatoms. The number of nitrogens with one attached hydrogen (secondary N) is 1. The van der Waals surface area contributed by atoms with E-state index in [1.807, 2.05) is 0 Å². The number of rotatable bonds is 6. The number of amides is 1. The van der Waals surface area contributed by atoms with Gasteiger partial charge in [0, 0.05) is 29.3 Å². The van der Waals surface area contributed by atoms with Crippen LogP contribution in [0.2, 0.25) is 0 Å². The normalized spacial score (nSPS) is 15.0. The lowest BCUT2D eigenvalue weighted by atomic mass is 9.96. The summed E-state index contributed by atoms with van der Waals surface area (Å²) < 4.78 is 18.4. The molecular formula is C21H20FN5O4. The highest BCUT2D eigenvalue weighted by atomic mass is 19.1. The molecule has 0 unspecified atom stereocenters. The molecule has 1 N–H and O–H groups in total. The van der Waals surface area contributed by atoms with E-state index in [1.54, 1.807) is 24.3 Å². The molecule has 1 aliphatic rings. The van der Waals surface area contributed by atoms with Crippen LogP contribution in [0.1, 0.15) is 18.7 Å². The quantitative estimate of drug-likeness (QED) is 0.474. The van der Waals surface area contributed by atoms with Crippen LogP contribution in [0.15, 0.2) is 53.1 Å². The van der Waals surface area contributed by atoms with Gasteiger partial charge in [-0.1, -0.05) is 11.2 Å². The standard InChI is InChI=1S/C21H20FN5O4/c22-16-6-4-14(5-7-16)20-24-19(31-25-20)13-26-10-8-15(9-11-26)21(28)23-17-2-1-3-18(12-17)27(29)30/h1-7,12,15H,8-11,13H2,(H,23,28). The number of nitro benzene ring substituents is 1. The van der Waals surface area contributed by atoms with Crippen LogP contribution in [0.5, 0.6) is 0 Å². The molecule has 0 aliphatic carbocycles. The van der Waals surface area contributed by atoms with Gasteiger partial charge in [-0.3, -0.25) is 19.8 Å². The van der Waals surface area contributed by atoms with Crippen molar-refractivity contribution < 1.29 is 18.6 Å². The smallest absolute Gasteiger partial charge is 0.271 e. The molecule has 3 aromatic rings. The number of carbonyl (C=O) groups excluding carboxylic acids is 1. The van der Waals surface area contributed by atoms with Gasteiger partial charge < -0.3 is 9.84 Å². The van der Waals surface area contributed by atoms with Gasteiger partial charge in [-0.15, -0.1) is 0 Å². The average molecular weight is 425 g/mol. The Balaban J connectivity index is 1.29. The predicted octanol–water partition coefficient (Wildman–Crippen LogP) is 3.63. The summed E-state index contributed by atoms with van der Waals surface area (Å²) in [6, 6.07) is 11.8. The monoisotopic (exact) mass is 425 g/mol. The molecule has 9 nitrogen and oxygen atoms in total. The van der Waals surface area contributed by atoms with Gasteiger partial charge in [-0.25, -0.2) is 4.39 Å². The molecule has 160 valence electrons. The number of benzene rings is 2. The Morgan fingerprint density at radius 1 is 1.23 bits per heavy atom. The molecule has 1 amide bonds. The Labute approximate surface area is 177 Å². The molecule has 0 radical (unpaired) electrons. The van der Waals surface area contributed by atoms with Gasteiger partial charge in [0.25, 0.3) is 5.69 Å². The van der Waals surface area contributed by atoms with Gasteiger partial charge in [0.1, 0.15) is 5.82 Å². The van der Waals surface area contributed by atoms with Crippen LogP contribution >= 0.6 is 0 Å². The Bertz CT molecular complexity index is 1080. The van der Waals surface area contributed by atoms with Gasteiger partial charge in [0.2, 0.25) is 17.6 Å². The summed E-state index contributed by atoms with van der Waals surface area (Å²) in [4.78, 5) is 29.4. The fraction of sp³-hybridized carbons (Fsp3) is 0.286. The van der Waals surface area contributed by atoms with E-state index in [-0.39, 0.29) is 23.3 Å². The van der Waals surface area contributed by atoms with Crippen molar-refractivity contribution in [3.8, 4) is 11.4 Å². The van der Waals surface area contributed by atoms with Crippen LogP contribution in [0.25, 0.3) is 11.4 Å². The lowest BCUT2D eigenvalue weighted by Gasteiger charge is -2.30. The summed E-state index contributed by atoms with van der Waals surface area (Å²) in [5.74, 6) is 0.217. The molecule has 0 atom stereocenters. The molecule has 0 spiro atoms. The van der Waals surface area contributed by atoms with Crippen LogP contribution in [0, 0.1) is 21.8 Å². The molecule has 2 heterocycles.